The zero-order valence-corrected chi connectivity index (χ0v) is 48.3. The number of anilines is 7. The minimum Gasteiger partial charge on any atom is -0.509 e. The summed E-state index contributed by atoms with van der Waals surface area (Å²) >= 11 is 0. The third-order valence-corrected chi connectivity index (χ3v) is 15.9. The van der Waals surface area contributed by atoms with Crippen LogP contribution in [0.3, 0.4) is 0 Å². The maximum atomic E-state index is 7.14. The van der Waals surface area contributed by atoms with Crippen LogP contribution in [0.1, 0.15) is 130 Å². The molecule has 9 aromatic rings. The molecule has 8 nitrogen and oxygen atoms in total. The molecule has 0 fully saturated rings. The van der Waals surface area contributed by atoms with Crippen LogP contribution in [0.2, 0.25) is 0 Å². The predicted octanol–water partition coefficient (Wildman–Crippen LogP) is 18.5. The number of nitrogens with zero attached hydrogens (tertiary/aromatic N) is 5. The van der Waals surface area contributed by atoms with Crippen molar-refractivity contribution in [2.75, 3.05) is 14.7 Å². The van der Waals surface area contributed by atoms with Gasteiger partial charge in [0.2, 0.25) is 0 Å². The first-order chi connectivity index (χ1) is 35.4. The molecule has 7 aromatic carbocycles. The largest absolute Gasteiger partial charge is 0.509 e. The second kappa shape index (κ2) is 16.7. The average Bonchev–Trinajstić information content (AvgIpc) is 3.96. The van der Waals surface area contributed by atoms with E-state index in [0.29, 0.717) is 11.5 Å². The van der Waals surface area contributed by atoms with Gasteiger partial charge in [-0.2, -0.15) is 12.1 Å². The monoisotopic (exact) mass is 1180 g/mol. The number of fused-ring (bicyclic) bond motifs is 4. The smallest absolute Gasteiger partial charge is 0.157 e. The summed E-state index contributed by atoms with van der Waals surface area (Å²) in [5.41, 5.74) is 15.7. The van der Waals surface area contributed by atoms with Crippen molar-refractivity contribution in [1.29, 1.82) is 0 Å². The van der Waals surface area contributed by atoms with E-state index >= 15 is 0 Å². The molecule has 4 aliphatic rings. The summed E-state index contributed by atoms with van der Waals surface area (Å²) in [4.78, 5) is 11.7. The van der Waals surface area contributed by atoms with E-state index in [1.807, 2.05) is 24.4 Å². The van der Waals surface area contributed by atoms with Crippen LogP contribution in [-0.4, -0.2) is 9.55 Å². The van der Waals surface area contributed by atoms with Crippen molar-refractivity contribution in [3.05, 3.63) is 180 Å². The normalized spacial score (nSPS) is 15.1. The molecule has 0 radical (unpaired) electrons. The van der Waals surface area contributed by atoms with Crippen molar-refractivity contribution >= 4 is 61.6 Å². The van der Waals surface area contributed by atoms with E-state index in [1.165, 1.54) is 33.4 Å². The van der Waals surface area contributed by atoms with Gasteiger partial charge in [-0.15, -0.1) is 48.1 Å². The van der Waals surface area contributed by atoms with Crippen molar-refractivity contribution in [1.82, 2.24) is 9.55 Å². The maximum absolute atomic E-state index is 7.14. The van der Waals surface area contributed by atoms with Gasteiger partial charge in [0.1, 0.15) is 11.5 Å². The molecule has 2 aromatic heterocycles. The molecule has 0 N–H and O–H groups in total. The van der Waals surface area contributed by atoms with Crippen molar-refractivity contribution < 1.29 is 35.3 Å². The Labute approximate surface area is 462 Å². The molecule has 0 aliphatic carbocycles. The van der Waals surface area contributed by atoms with Crippen LogP contribution in [0.25, 0.3) is 27.6 Å². The molecule has 0 saturated carbocycles. The first-order valence-corrected chi connectivity index (χ1v) is 26.3. The minimum absolute atomic E-state index is 0. The maximum Gasteiger partial charge on any atom is 0.157 e. The Bertz CT molecular complexity index is 3800. The number of benzene rings is 7. The van der Waals surface area contributed by atoms with E-state index in [-0.39, 0.29) is 48.1 Å². The summed E-state index contributed by atoms with van der Waals surface area (Å²) < 4.78 is 23.2. The Morgan fingerprint density at radius 3 is 1.70 bits per heavy atom. The van der Waals surface area contributed by atoms with Crippen LogP contribution in [0.4, 0.5) is 39.8 Å². The number of hydrogen-bond donors (Lipinski definition) is 0. The van der Waals surface area contributed by atoms with Crippen molar-refractivity contribution in [2.24, 2.45) is 0 Å². The third-order valence-electron chi connectivity index (χ3n) is 15.9. The van der Waals surface area contributed by atoms with E-state index < -0.39 is 0 Å². The number of rotatable bonds is 5. The first kappa shape index (κ1) is 49.8. The fraction of sp³-hybridized carbons (Fsp3) is 0.284. The molecule has 0 atom stereocenters. The van der Waals surface area contributed by atoms with Gasteiger partial charge in [-0.05, 0) is 103 Å². The third kappa shape index (κ3) is 7.75. The van der Waals surface area contributed by atoms with E-state index in [9.17, 15) is 0 Å². The van der Waals surface area contributed by atoms with Crippen LogP contribution in [0.5, 0.6) is 34.5 Å². The number of ether oxygens (including phenoxy) is 3. The van der Waals surface area contributed by atoms with Gasteiger partial charge in [0.25, 0.3) is 0 Å². The molecule has 0 saturated heterocycles. The molecular weight excluding hydrogens is 1120 g/mol. The Balaban J connectivity index is 0.00000582. The Hall–Kier alpha value is -7.02. The second-order valence-corrected chi connectivity index (χ2v) is 25.6. The summed E-state index contributed by atoms with van der Waals surface area (Å²) in [5.74, 6) is 5.21. The van der Waals surface area contributed by atoms with Crippen LogP contribution >= 0.6 is 0 Å². The summed E-state index contributed by atoms with van der Waals surface area (Å²) in [6.07, 6.45) is 1.91. The first-order valence-electron chi connectivity index (χ1n) is 26.3. The van der Waals surface area contributed by atoms with Gasteiger partial charge in [-0.3, -0.25) is 4.90 Å². The van der Waals surface area contributed by atoms with Crippen molar-refractivity contribution in [3.63, 3.8) is 0 Å². The molecule has 0 unspecified atom stereocenters. The summed E-state index contributed by atoms with van der Waals surface area (Å²) in [7, 11) is 0. The van der Waals surface area contributed by atoms with Crippen LogP contribution < -0.4 is 28.9 Å². The van der Waals surface area contributed by atoms with Gasteiger partial charge in [-0.25, -0.2) is 4.98 Å². The summed E-state index contributed by atoms with van der Waals surface area (Å²) in [5, 5.41) is 2.25. The van der Waals surface area contributed by atoms with Crippen LogP contribution in [0.15, 0.2) is 128 Å². The molecular formula is C67H64N5O3Pt-3. The van der Waals surface area contributed by atoms with E-state index in [2.05, 4.69) is 238 Å². The van der Waals surface area contributed by atoms with E-state index in [1.54, 1.807) is 0 Å². The van der Waals surface area contributed by atoms with Gasteiger partial charge < -0.3 is 28.6 Å². The molecule has 6 heterocycles. The van der Waals surface area contributed by atoms with Gasteiger partial charge >= 0.3 is 0 Å². The molecule has 0 bridgehead atoms. The molecule has 0 spiro atoms. The quantitative estimate of drug-likeness (QED) is 0.159. The van der Waals surface area contributed by atoms with E-state index in [0.717, 1.165) is 90.4 Å². The molecule has 76 heavy (non-hydrogen) atoms. The Morgan fingerprint density at radius 1 is 0.526 bits per heavy atom. The molecule has 0 amide bonds. The molecule has 388 valence electrons. The van der Waals surface area contributed by atoms with E-state index in [4.69, 9.17) is 19.2 Å². The average molecular weight is 1180 g/mol. The summed E-state index contributed by atoms with van der Waals surface area (Å²) in [6.45, 7) is 34.0. The van der Waals surface area contributed by atoms with Gasteiger partial charge in [0.05, 0.1) is 11.4 Å². The SMILES string of the molecule is CC(C)(C)c1ccnc(-n2c3[c-]c(Oc4[c-]c(N5[CH-]N(c6cc7c8c(c6)Oc6cc(C(C)(C)C)cc9c6N8c6c(cc(C(C)(C)C)cc6C9(C)C)O7)c6ccccc65)ccc4)ccc3c3cc(C(C)(C)C)ccc32)c1.[Pt]. The molecule has 9 heteroatoms. The van der Waals surface area contributed by atoms with Crippen LogP contribution in [-0.2, 0) is 48.1 Å². The molecule has 4 aliphatic heterocycles. The molecule has 13 rings (SSSR count). The fourth-order valence-electron chi connectivity index (χ4n) is 11.4. The second-order valence-electron chi connectivity index (χ2n) is 25.6. The fourth-order valence-corrected chi connectivity index (χ4v) is 11.4. The standard InChI is InChI=1S/C67H64N5O3.Pt/c1-63(2,3)39-22-25-51-48(28-39)47-24-23-46(37-54(47)71(51)59-33-40(26-27-68-59)64(4,5)6)73-45-19-17-18-43(34-45)69-38-70(53-21-16-15-20-52(53)69)44-35-57-62-58(36-44)75-56-32-42(66(10,11)12)30-50-61(56)72(62)60-49(67(50,13)14)29-41(65(7,8)9)31-55(60)74-57;/h15-33,35-36,38H,1-14H3;/q-3;. The number of hydrogen-bond acceptors (Lipinski definition) is 7. The number of aromatic nitrogens is 2. The number of pyridine rings is 1. The minimum atomic E-state index is -0.313. The Morgan fingerprint density at radius 2 is 1.09 bits per heavy atom. The Kier molecular flexibility index (Phi) is 11.0. The van der Waals surface area contributed by atoms with Crippen LogP contribution in [0, 0.1) is 18.8 Å². The van der Waals surface area contributed by atoms with Gasteiger partial charge in [0.15, 0.2) is 23.0 Å². The number of para-hydroxylation sites is 2. The van der Waals surface area contributed by atoms with Crippen molar-refractivity contribution in [3.8, 4) is 40.3 Å². The predicted molar refractivity (Wildman–Crippen MR) is 306 cm³/mol. The van der Waals surface area contributed by atoms with Gasteiger partial charge in [-0.1, -0.05) is 139 Å². The topological polar surface area (TPSA) is 55.2 Å². The van der Waals surface area contributed by atoms with Gasteiger partial charge in [0, 0.05) is 78.9 Å². The van der Waals surface area contributed by atoms with Crippen molar-refractivity contribution in [2.45, 2.75) is 124 Å². The zero-order valence-electron chi connectivity index (χ0n) is 46.0. The zero-order chi connectivity index (χ0) is 52.5. The summed E-state index contributed by atoms with van der Waals surface area (Å²) in [6, 6.07) is 50.7.